The van der Waals surface area contributed by atoms with E-state index in [-0.39, 0.29) is 0 Å². The Morgan fingerprint density at radius 3 is 2.82 bits per heavy atom. The molecule has 1 aliphatic rings. The first kappa shape index (κ1) is 11.6. The molecule has 0 saturated heterocycles. The van der Waals surface area contributed by atoms with Gasteiger partial charge in [0.2, 0.25) is 0 Å². The zero-order chi connectivity index (χ0) is 11.9. The minimum Gasteiger partial charge on any atom is -0.494 e. The maximum Gasteiger partial charge on any atom is 0.119 e. The summed E-state index contributed by atoms with van der Waals surface area (Å²) >= 11 is 0. The molecule has 4 heteroatoms. The van der Waals surface area contributed by atoms with Crippen LogP contribution in [0.5, 0.6) is 5.75 Å². The Bertz CT molecular complexity index is 411. The number of nitriles is 1. The largest absolute Gasteiger partial charge is 0.494 e. The van der Waals surface area contributed by atoms with E-state index in [4.69, 9.17) is 10.00 Å². The molecule has 0 N–H and O–H groups in total. The number of hydrogen-bond acceptors (Lipinski definition) is 4. The topological polar surface area (TPSA) is 48.6 Å². The fourth-order valence-corrected chi connectivity index (χ4v) is 1.67. The Balaban J connectivity index is 1.65. The molecular weight excluding hydrogens is 214 g/mol. The van der Waals surface area contributed by atoms with Gasteiger partial charge in [-0.05, 0) is 30.7 Å². The summed E-state index contributed by atoms with van der Waals surface area (Å²) in [6.07, 6.45) is 2.94. The van der Waals surface area contributed by atoms with Crippen LogP contribution in [-0.4, -0.2) is 37.5 Å². The first-order chi connectivity index (χ1) is 8.38. The van der Waals surface area contributed by atoms with Crippen molar-refractivity contribution in [3.8, 4) is 11.8 Å². The molecule has 0 amide bonds. The summed E-state index contributed by atoms with van der Waals surface area (Å²) in [5.74, 6) is 0.821. The molecule has 1 aromatic rings. The quantitative estimate of drug-likeness (QED) is 0.722. The molecule has 88 valence electrons. The lowest BCUT2D eigenvalue weighted by Gasteiger charge is -2.13. The standard InChI is InChI=1S/C13H15N3O/c14-10-12-2-4-13(5-3-12)17-9-1-7-16-8-6-15-11-16/h2-6H,1,7-9,11H2. The van der Waals surface area contributed by atoms with Gasteiger partial charge in [0.15, 0.2) is 0 Å². The van der Waals surface area contributed by atoms with Crippen LogP contribution in [0.1, 0.15) is 12.0 Å². The molecule has 17 heavy (non-hydrogen) atoms. The van der Waals surface area contributed by atoms with Crippen molar-refractivity contribution in [2.45, 2.75) is 6.42 Å². The van der Waals surface area contributed by atoms with Crippen LogP contribution >= 0.6 is 0 Å². The van der Waals surface area contributed by atoms with Crippen LogP contribution in [0.4, 0.5) is 0 Å². The molecule has 1 aromatic carbocycles. The van der Waals surface area contributed by atoms with Crippen LogP contribution in [-0.2, 0) is 0 Å². The van der Waals surface area contributed by atoms with E-state index in [1.54, 1.807) is 12.1 Å². The first-order valence-corrected chi connectivity index (χ1v) is 5.72. The molecule has 0 unspecified atom stereocenters. The summed E-state index contributed by atoms with van der Waals surface area (Å²) < 4.78 is 5.59. The predicted octanol–water partition coefficient (Wildman–Crippen LogP) is 1.67. The fourth-order valence-electron chi connectivity index (χ4n) is 1.67. The Morgan fingerprint density at radius 2 is 2.18 bits per heavy atom. The van der Waals surface area contributed by atoms with Crippen molar-refractivity contribution in [2.24, 2.45) is 4.99 Å². The van der Waals surface area contributed by atoms with Crippen molar-refractivity contribution < 1.29 is 4.74 Å². The Labute approximate surface area is 101 Å². The third kappa shape index (κ3) is 3.58. The maximum absolute atomic E-state index is 8.66. The molecule has 0 aliphatic carbocycles. The summed E-state index contributed by atoms with van der Waals surface area (Å²) in [7, 11) is 0. The second-order valence-corrected chi connectivity index (χ2v) is 3.92. The Hall–Kier alpha value is -1.86. The summed E-state index contributed by atoms with van der Waals surface area (Å²) in [6, 6.07) is 9.28. The number of hydrogen-bond donors (Lipinski definition) is 0. The fraction of sp³-hybridized carbons (Fsp3) is 0.385. The third-order valence-corrected chi connectivity index (χ3v) is 2.62. The zero-order valence-electron chi connectivity index (χ0n) is 9.67. The van der Waals surface area contributed by atoms with Gasteiger partial charge in [-0.25, -0.2) is 0 Å². The van der Waals surface area contributed by atoms with Crippen LogP contribution in [0, 0.1) is 11.3 Å². The van der Waals surface area contributed by atoms with Gasteiger partial charge in [0.1, 0.15) is 5.75 Å². The van der Waals surface area contributed by atoms with Crippen LogP contribution in [0.25, 0.3) is 0 Å². The van der Waals surface area contributed by atoms with Crippen molar-refractivity contribution in [2.75, 3.05) is 26.4 Å². The first-order valence-electron chi connectivity index (χ1n) is 5.72. The van der Waals surface area contributed by atoms with Crippen LogP contribution in [0.15, 0.2) is 29.3 Å². The lowest BCUT2D eigenvalue weighted by molar-refractivity contribution is 0.265. The summed E-state index contributed by atoms with van der Waals surface area (Å²) in [6.45, 7) is 3.48. The van der Waals surface area contributed by atoms with Crippen LogP contribution < -0.4 is 4.74 Å². The average Bonchev–Trinajstić information content (AvgIpc) is 2.88. The van der Waals surface area contributed by atoms with Crippen molar-refractivity contribution in [1.82, 2.24) is 4.90 Å². The highest BCUT2D eigenvalue weighted by atomic mass is 16.5. The van der Waals surface area contributed by atoms with Crippen LogP contribution in [0.2, 0.25) is 0 Å². The van der Waals surface area contributed by atoms with Gasteiger partial charge in [-0.2, -0.15) is 5.26 Å². The smallest absolute Gasteiger partial charge is 0.119 e. The highest BCUT2D eigenvalue weighted by molar-refractivity contribution is 5.61. The van der Waals surface area contributed by atoms with Crippen LogP contribution in [0.3, 0.4) is 0 Å². The molecule has 0 spiro atoms. The molecular formula is C13H15N3O. The number of aliphatic imine (C=N–C) groups is 1. The van der Waals surface area contributed by atoms with E-state index in [0.29, 0.717) is 12.2 Å². The molecule has 0 aromatic heterocycles. The van der Waals surface area contributed by atoms with Gasteiger partial charge < -0.3 is 4.74 Å². The second-order valence-electron chi connectivity index (χ2n) is 3.92. The summed E-state index contributed by atoms with van der Waals surface area (Å²) in [5.41, 5.74) is 0.659. The molecule has 1 heterocycles. The van der Waals surface area contributed by atoms with Gasteiger partial charge >= 0.3 is 0 Å². The predicted molar refractivity (Wildman–Crippen MR) is 66.2 cm³/mol. The van der Waals surface area contributed by atoms with E-state index >= 15 is 0 Å². The van der Waals surface area contributed by atoms with E-state index < -0.39 is 0 Å². The van der Waals surface area contributed by atoms with E-state index in [1.807, 2.05) is 18.3 Å². The number of ether oxygens (including phenoxy) is 1. The molecule has 0 saturated carbocycles. The Kier molecular flexibility index (Phi) is 4.11. The molecule has 0 fully saturated rings. The van der Waals surface area contributed by atoms with Crippen molar-refractivity contribution in [3.63, 3.8) is 0 Å². The molecule has 2 rings (SSSR count). The van der Waals surface area contributed by atoms with Gasteiger partial charge in [0.05, 0.1) is 24.9 Å². The minimum atomic E-state index is 0.659. The van der Waals surface area contributed by atoms with Crippen molar-refractivity contribution in [1.29, 1.82) is 5.26 Å². The van der Waals surface area contributed by atoms with Gasteiger partial charge in [-0.15, -0.1) is 0 Å². The van der Waals surface area contributed by atoms with E-state index in [1.165, 1.54) is 0 Å². The maximum atomic E-state index is 8.66. The number of benzene rings is 1. The summed E-state index contributed by atoms with van der Waals surface area (Å²) in [4.78, 5) is 6.42. The van der Waals surface area contributed by atoms with Gasteiger partial charge in [0.25, 0.3) is 0 Å². The zero-order valence-corrected chi connectivity index (χ0v) is 9.67. The monoisotopic (exact) mass is 229 g/mol. The Morgan fingerprint density at radius 1 is 1.35 bits per heavy atom. The average molecular weight is 229 g/mol. The van der Waals surface area contributed by atoms with Gasteiger partial charge in [-0.1, -0.05) is 0 Å². The second kappa shape index (κ2) is 6.02. The van der Waals surface area contributed by atoms with Gasteiger partial charge in [0, 0.05) is 19.3 Å². The SMILES string of the molecule is N#Cc1ccc(OCCCN2CC=NC2)cc1. The lowest BCUT2D eigenvalue weighted by atomic mass is 10.2. The molecule has 0 radical (unpaired) electrons. The molecule has 0 atom stereocenters. The summed E-state index contributed by atoms with van der Waals surface area (Å²) in [5, 5.41) is 8.66. The molecule has 4 nitrogen and oxygen atoms in total. The lowest BCUT2D eigenvalue weighted by Crippen LogP contribution is -2.23. The van der Waals surface area contributed by atoms with Crippen molar-refractivity contribution in [3.05, 3.63) is 29.8 Å². The van der Waals surface area contributed by atoms with E-state index in [0.717, 1.165) is 31.9 Å². The highest BCUT2D eigenvalue weighted by Gasteiger charge is 2.05. The number of nitrogens with zero attached hydrogens (tertiary/aromatic N) is 3. The van der Waals surface area contributed by atoms with E-state index in [2.05, 4.69) is 16.0 Å². The molecule has 0 bridgehead atoms. The van der Waals surface area contributed by atoms with E-state index in [9.17, 15) is 0 Å². The van der Waals surface area contributed by atoms with Crippen molar-refractivity contribution >= 4 is 6.21 Å². The third-order valence-electron chi connectivity index (χ3n) is 2.62. The normalized spacial score (nSPS) is 14.8. The highest BCUT2D eigenvalue weighted by Crippen LogP contribution is 2.11. The number of rotatable bonds is 5. The minimum absolute atomic E-state index is 0.659. The van der Waals surface area contributed by atoms with Gasteiger partial charge in [-0.3, -0.25) is 9.89 Å². The molecule has 1 aliphatic heterocycles.